The highest BCUT2D eigenvalue weighted by atomic mass is 32.2. The number of nitrogens with one attached hydrogen (secondary N) is 2. The first-order chi connectivity index (χ1) is 9.03. The molecule has 4 N–H and O–H groups in total. The van der Waals surface area contributed by atoms with Crippen molar-refractivity contribution in [1.29, 1.82) is 0 Å². The van der Waals surface area contributed by atoms with Crippen molar-refractivity contribution in [1.82, 2.24) is 9.88 Å². The highest BCUT2D eigenvalue weighted by molar-refractivity contribution is 7.89. The van der Waals surface area contributed by atoms with Gasteiger partial charge in [0.25, 0.3) is 0 Å². The summed E-state index contributed by atoms with van der Waals surface area (Å²) in [4.78, 5) is 0.125. The smallest absolute Gasteiger partial charge is 0.240 e. The van der Waals surface area contributed by atoms with Crippen LogP contribution in [0.5, 0.6) is 0 Å². The molecule has 0 atom stereocenters. The summed E-state index contributed by atoms with van der Waals surface area (Å²) in [6, 6.07) is 6.22. The molecular formula is C11H14N4O3S. The Kier molecular flexibility index (Phi) is 3.72. The second-order valence-electron chi connectivity index (χ2n) is 3.80. The Morgan fingerprint density at radius 3 is 2.74 bits per heavy atom. The first-order valence-electron chi connectivity index (χ1n) is 5.49. The Balaban J connectivity index is 2.16. The summed E-state index contributed by atoms with van der Waals surface area (Å²) in [7, 11) is -2.13. The minimum absolute atomic E-state index is 0.125. The Labute approximate surface area is 110 Å². The van der Waals surface area contributed by atoms with Crippen LogP contribution >= 0.6 is 0 Å². The average Bonchev–Trinajstić information content (AvgIpc) is 2.90. The number of aromatic nitrogens is 1. The lowest BCUT2D eigenvalue weighted by atomic mass is 10.2. The molecule has 0 fully saturated rings. The van der Waals surface area contributed by atoms with Gasteiger partial charge in [-0.15, -0.1) is 0 Å². The van der Waals surface area contributed by atoms with Gasteiger partial charge in [-0.05, 0) is 25.2 Å². The molecule has 7 nitrogen and oxygen atoms in total. The number of anilines is 2. The molecule has 19 heavy (non-hydrogen) atoms. The monoisotopic (exact) mass is 282 g/mol. The molecule has 2 rings (SSSR count). The third-order valence-electron chi connectivity index (χ3n) is 2.55. The SMILES string of the molecule is CNS(=O)(=O)c1ccc(NCc2ccon2)c(N)c1. The van der Waals surface area contributed by atoms with Gasteiger partial charge >= 0.3 is 0 Å². The van der Waals surface area contributed by atoms with Crippen LogP contribution in [0.1, 0.15) is 5.69 Å². The largest absolute Gasteiger partial charge is 0.397 e. The van der Waals surface area contributed by atoms with Gasteiger partial charge in [-0.3, -0.25) is 0 Å². The van der Waals surface area contributed by atoms with E-state index in [0.717, 1.165) is 5.69 Å². The molecule has 0 aliphatic carbocycles. The average molecular weight is 282 g/mol. The summed E-state index contributed by atoms with van der Waals surface area (Å²) in [6.45, 7) is 0.443. The summed E-state index contributed by atoms with van der Waals surface area (Å²) in [5.41, 5.74) is 7.53. The fourth-order valence-electron chi connectivity index (χ4n) is 1.50. The Bertz CT molecular complexity index is 653. The van der Waals surface area contributed by atoms with Crippen LogP contribution < -0.4 is 15.8 Å². The first-order valence-corrected chi connectivity index (χ1v) is 6.97. The lowest BCUT2D eigenvalue weighted by molar-refractivity contribution is 0.412. The lowest BCUT2D eigenvalue weighted by Gasteiger charge is -2.10. The van der Waals surface area contributed by atoms with E-state index in [9.17, 15) is 8.42 Å². The van der Waals surface area contributed by atoms with Gasteiger partial charge in [0, 0.05) is 6.07 Å². The van der Waals surface area contributed by atoms with Crippen molar-refractivity contribution in [3.05, 3.63) is 36.2 Å². The molecule has 1 aromatic heterocycles. The summed E-state index contributed by atoms with van der Waals surface area (Å²) < 4.78 is 30.1. The van der Waals surface area contributed by atoms with Crippen molar-refractivity contribution < 1.29 is 12.9 Å². The predicted octanol–water partition coefficient (Wildman–Crippen LogP) is 0.777. The van der Waals surface area contributed by atoms with Crippen LogP contribution in [-0.2, 0) is 16.6 Å². The third-order valence-corrected chi connectivity index (χ3v) is 3.97. The van der Waals surface area contributed by atoms with Crippen molar-refractivity contribution >= 4 is 21.4 Å². The highest BCUT2D eigenvalue weighted by Crippen LogP contribution is 2.22. The second kappa shape index (κ2) is 5.29. The van der Waals surface area contributed by atoms with E-state index in [4.69, 9.17) is 10.3 Å². The van der Waals surface area contributed by atoms with Crippen molar-refractivity contribution in [3.63, 3.8) is 0 Å². The van der Waals surface area contributed by atoms with E-state index in [1.807, 2.05) is 0 Å². The van der Waals surface area contributed by atoms with Crippen LogP contribution in [0.2, 0.25) is 0 Å². The van der Waals surface area contributed by atoms with E-state index in [1.54, 1.807) is 12.1 Å². The van der Waals surface area contributed by atoms with Crippen LogP contribution in [0.15, 0.2) is 39.9 Å². The maximum Gasteiger partial charge on any atom is 0.240 e. The van der Waals surface area contributed by atoms with Crippen LogP contribution in [-0.4, -0.2) is 20.6 Å². The number of hydrogen-bond donors (Lipinski definition) is 3. The van der Waals surface area contributed by atoms with Gasteiger partial charge in [0.15, 0.2) is 0 Å². The summed E-state index contributed by atoms with van der Waals surface area (Å²) in [5.74, 6) is 0. The number of benzene rings is 1. The molecule has 0 aliphatic rings. The van der Waals surface area contributed by atoms with E-state index in [0.29, 0.717) is 17.9 Å². The van der Waals surface area contributed by atoms with Gasteiger partial charge in [-0.25, -0.2) is 13.1 Å². The maximum absolute atomic E-state index is 11.6. The molecule has 0 spiro atoms. The van der Waals surface area contributed by atoms with Gasteiger partial charge in [0.1, 0.15) is 12.0 Å². The second-order valence-corrected chi connectivity index (χ2v) is 5.69. The third kappa shape index (κ3) is 3.04. The number of nitrogens with two attached hydrogens (primary N) is 1. The zero-order valence-electron chi connectivity index (χ0n) is 10.3. The fourth-order valence-corrected chi connectivity index (χ4v) is 2.27. The van der Waals surface area contributed by atoms with Crippen LogP contribution in [0.25, 0.3) is 0 Å². The number of nitrogen functional groups attached to an aromatic ring is 1. The van der Waals surface area contributed by atoms with Crippen LogP contribution in [0.3, 0.4) is 0 Å². The lowest BCUT2D eigenvalue weighted by Crippen LogP contribution is -2.18. The molecule has 1 heterocycles. The maximum atomic E-state index is 11.6. The summed E-state index contributed by atoms with van der Waals surface area (Å²) in [5, 5.41) is 6.80. The molecule has 0 amide bonds. The van der Waals surface area contributed by atoms with Crippen LogP contribution in [0, 0.1) is 0 Å². The Morgan fingerprint density at radius 2 is 2.16 bits per heavy atom. The number of rotatable bonds is 5. The standard InChI is InChI=1S/C11H14N4O3S/c1-13-19(16,17)9-2-3-11(10(12)6-9)14-7-8-4-5-18-15-8/h2-6,13-14H,7,12H2,1H3. The number of hydrogen-bond acceptors (Lipinski definition) is 6. The molecule has 8 heteroatoms. The van der Waals surface area contributed by atoms with Crippen molar-refractivity contribution in [2.24, 2.45) is 0 Å². The first kappa shape index (κ1) is 13.4. The fraction of sp³-hybridized carbons (Fsp3) is 0.182. The minimum Gasteiger partial charge on any atom is -0.397 e. The Hall–Kier alpha value is -2.06. The van der Waals surface area contributed by atoms with Crippen molar-refractivity contribution in [2.45, 2.75) is 11.4 Å². The predicted molar refractivity (Wildman–Crippen MR) is 70.9 cm³/mol. The molecule has 0 aliphatic heterocycles. The molecule has 2 aromatic rings. The summed E-state index contributed by atoms with van der Waals surface area (Å²) in [6.07, 6.45) is 1.48. The van der Waals surface area contributed by atoms with Gasteiger partial charge in [-0.1, -0.05) is 5.16 Å². The van der Waals surface area contributed by atoms with E-state index < -0.39 is 10.0 Å². The van der Waals surface area contributed by atoms with E-state index >= 15 is 0 Å². The zero-order chi connectivity index (χ0) is 13.9. The zero-order valence-corrected chi connectivity index (χ0v) is 11.1. The quantitative estimate of drug-likeness (QED) is 0.699. The minimum atomic E-state index is -3.48. The normalized spacial score (nSPS) is 11.4. The summed E-state index contributed by atoms with van der Waals surface area (Å²) >= 11 is 0. The molecule has 0 bridgehead atoms. The number of nitrogens with zero attached hydrogens (tertiary/aromatic N) is 1. The van der Waals surface area contributed by atoms with Crippen molar-refractivity contribution in [2.75, 3.05) is 18.1 Å². The highest BCUT2D eigenvalue weighted by Gasteiger charge is 2.12. The van der Waals surface area contributed by atoms with Crippen LogP contribution in [0.4, 0.5) is 11.4 Å². The number of sulfonamides is 1. The molecule has 1 aromatic carbocycles. The van der Waals surface area contributed by atoms with E-state index in [1.165, 1.54) is 25.4 Å². The Morgan fingerprint density at radius 1 is 1.37 bits per heavy atom. The van der Waals surface area contributed by atoms with E-state index in [2.05, 4.69) is 15.2 Å². The molecule has 102 valence electrons. The molecule has 0 saturated heterocycles. The molecule has 0 radical (unpaired) electrons. The van der Waals surface area contributed by atoms with E-state index in [-0.39, 0.29) is 4.90 Å². The molecule has 0 saturated carbocycles. The van der Waals surface area contributed by atoms with Gasteiger partial charge in [0.2, 0.25) is 10.0 Å². The van der Waals surface area contributed by atoms with Gasteiger partial charge < -0.3 is 15.6 Å². The van der Waals surface area contributed by atoms with Crippen molar-refractivity contribution in [3.8, 4) is 0 Å². The topological polar surface area (TPSA) is 110 Å². The van der Waals surface area contributed by atoms with Gasteiger partial charge in [-0.2, -0.15) is 0 Å². The molecule has 0 unspecified atom stereocenters. The molecular weight excluding hydrogens is 268 g/mol. The van der Waals surface area contributed by atoms with Gasteiger partial charge in [0.05, 0.1) is 22.8 Å².